The maximum Gasteiger partial charge on any atom is 0.215 e. The first-order valence-corrected chi connectivity index (χ1v) is 10.7. The van der Waals surface area contributed by atoms with Gasteiger partial charge in [0.25, 0.3) is 0 Å². The standard InChI is InChI=1S/C24H30N2O3/c1-17(14-18(2)27)19-6-8-22(9-7-19)28-23-11-13-26(16-23)20-10-12-25-24(15-20)29-21-4-3-5-21/h6-10,12,15,17,21,23H,3-5,11,13-14,16H2,1-2H3/t17-,23-/m1/s1. The number of hydrogen-bond acceptors (Lipinski definition) is 5. The van der Waals surface area contributed by atoms with Gasteiger partial charge in [0, 0.05) is 37.3 Å². The van der Waals surface area contributed by atoms with Gasteiger partial charge in [-0.25, -0.2) is 4.98 Å². The highest BCUT2D eigenvalue weighted by Gasteiger charge is 2.25. The van der Waals surface area contributed by atoms with Crippen molar-refractivity contribution in [1.82, 2.24) is 4.98 Å². The number of hydrogen-bond donors (Lipinski definition) is 0. The van der Waals surface area contributed by atoms with Crippen LogP contribution in [-0.2, 0) is 4.79 Å². The molecule has 29 heavy (non-hydrogen) atoms. The minimum absolute atomic E-state index is 0.166. The number of ether oxygens (including phenoxy) is 2. The molecule has 2 aromatic rings. The molecule has 1 aliphatic carbocycles. The molecule has 5 nitrogen and oxygen atoms in total. The van der Waals surface area contributed by atoms with Crippen LogP contribution in [0.15, 0.2) is 42.6 Å². The second-order valence-electron chi connectivity index (χ2n) is 8.37. The van der Waals surface area contributed by atoms with Crippen LogP contribution in [0.25, 0.3) is 0 Å². The van der Waals surface area contributed by atoms with Crippen LogP contribution in [0.4, 0.5) is 5.69 Å². The number of carbonyl (C=O) groups excluding carboxylic acids is 1. The molecule has 1 aliphatic heterocycles. The molecular formula is C24H30N2O3. The molecule has 5 heteroatoms. The van der Waals surface area contributed by atoms with Crippen molar-refractivity contribution in [3.8, 4) is 11.6 Å². The van der Waals surface area contributed by atoms with E-state index in [1.54, 1.807) is 6.92 Å². The van der Waals surface area contributed by atoms with Crippen molar-refractivity contribution in [3.05, 3.63) is 48.2 Å². The molecule has 4 rings (SSSR count). The maximum atomic E-state index is 11.3. The van der Waals surface area contributed by atoms with Gasteiger partial charge in [-0.2, -0.15) is 0 Å². The molecule has 2 heterocycles. The minimum atomic E-state index is 0.166. The van der Waals surface area contributed by atoms with E-state index >= 15 is 0 Å². The predicted octanol–water partition coefficient (Wildman–Crippen LogP) is 4.75. The molecule has 1 saturated heterocycles. The predicted molar refractivity (Wildman–Crippen MR) is 114 cm³/mol. The Bertz CT molecular complexity index is 832. The molecule has 2 atom stereocenters. The molecule has 1 aromatic heterocycles. The number of Topliss-reactive ketones (excluding diaryl/α,β-unsaturated/α-hetero) is 1. The van der Waals surface area contributed by atoms with Gasteiger partial charge in [-0.05, 0) is 55.9 Å². The largest absolute Gasteiger partial charge is 0.489 e. The monoisotopic (exact) mass is 394 g/mol. The Morgan fingerprint density at radius 1 is 1.14 bits per heavy atom. The topological polar surface area (TPSA) is 51.7 Å². The van der Waals surface area contributed by atoms with Crippen LogP contribution in [0.5, 0.6) is 11.6 Å². The fourth-order valence-electron chi connectivity index (χ4n) is 3.99. The van der Waals surface area contributed by atoms with Crippen LogP contribution in [0.1, 0.15) is 57.4 Å². The zero-order chi connectivity index (χ0) is 20.2. The number of aromatic nitrogens is 1. The van der Waals surface area contributed by atoms with E-state index < -0.39 is 0 Å². The van der Waals surface area contributed by atoms with Crippen LogP contribution < -0.4 is 14.4 Å². The Kier molecular flexibility index (Phi) is 6.02. The summed E-state index contributed by atoms with van der Waals surface area (Å²) in [6.07, 6.45) is 7.44. The van der Waals surface area contributed by atoms with Gasteiger partial charge in [-0.1, -0.05) is 19.1 Å². The molecule has 0 radical (unpaired) electrons. The molecular weight excluding hydrogens is 364 g/mol. The molecule has 1 saturated carbocycles. The molecule has 154 valence electrons. The van der Waals surface area contributed by atoms with Crippen molar-refractivity contribution >= 4 is 11.5 Å². The van der Waals surface area contributed by atoms with E-state index in [0.717, 1.165) is 49.7 Å². The summed E-state index contributed by atoms with van der Waals surface area (Å²) < 4.78 is 12.1. The summed E-state index contributed by atoms with van der Waals surface area (Å²) in [5.41, 5.74) is 2.32. The summed E-state index contributed by atoms with van der Waals surface area (Å²) in [5, 5.41) is 0. The minimum Gasteiger partial charge on any atom is -0.489 e. The second kappa shape index (κ2) is 8.85. The normalized spacial score (nSPS) is 20.2. The fourth-order valence-corrected chi connectivity index (χ4v) is 3.99. The third kappa shape index (κ3) is 5.08. The van der Waals surface area contributed by atoms with Crippen LogP contribution >= 0.6 is 0 Å². The number of anilines is 1. The average molecular weight is 395 g/mol. The highest BCUT2D eigenvalue weighted by atomic mass is 16.5. The van der Waals surface area contributed by atoms with Crippen LogP contribution in [0.3, 0.4) is 0 Å². The van der Waals surface area contributed by atoms with Gasteiger partial charge in [0.2, 0.25) is 5.88 Å². The van der Waals surface area contributed by atoms with Gasteiger partial charge in [0.15, 0.2) is 0 Å². The first-order chi connectivity index (χ1) is 14.1. The number of carbonyl (C=O) groups is 1. The van der Waals surface area contributed by atoms with Gasteiger partial charge >= 0.3 is 0 Å². The lowest BCUT2D eigenvalue weighted by molar-refractivity contribution is -0.117. The van der Waals surface area contributed by atoms with Crippen molar-refractivity contribution < 1.29 is 14.3 Å². The Balaban J connectivity index is 1.32. The van der Waals surface area contributed by atoms with Crippen molar-refractivity contribution in [1.29, 1.82) is 0 Å². The van der Waals surface area contributed by atoms with E-state index in [0.29, 0.717) is 12.5 Å². The summed E-state index contributed by atoms with van der Waals surface area (Å²) in [7, 11) is 0. The van der Waals surface area contributed by atoms with Gasteiger partial charge in [0.1, 0.15) is 23.7 Å². The number of rotatable bonds is 8. The molecule has 0 spiro atoms. The Morgan fingerprint density at radius 2 is 1.93 bits per heavy atom. The van der Waals surface area contributed by atoms with Crippen LogP contribution in [-0.4, -0.2) is 36.1 Å². The molecule has 0 bridgehead atoms. The second-order valence-corrected chi connectivity index (χ2v) is 8.37. The quantitative estimate of drug-likeness (QED) is 0.646. The van der Waals surface area contributed by atoms with Gasteiger partial charge in [0.05, 0.1) is 6.54 Å². The lowest BCUT2D eigenvalue weighted by atomic mass is 9.96. The number of nitrogens with zero attached hydrogens (tertiary/aromatic N) is 2. The summed E-state index contributed by atoms with van der Waals surface area (Å²) in [6.45, 7) is 5.55. The van der Waals surface area contributed by atoms with E-state index in [-0.39, 0.29) is 17.8 Å². The Labute approximate surface area is 173 Å². The van der Waals surface area contributed by atoms with Crippen molar-refractivity contribution in [2.24, 2.45) is 0 Å². The molecule has 0 amide bonds. The maximum absolute atomic E-state index is 11.3. The first kappa shape index (κ1) is 19.7. The van der Waals surface area contributed by atoms with Crippen molar-refractivity contribution in [2.45, 2.75) is 64.1 Å². The van der Waals surface area contributed by atoms with E-state index in [1.165, 1.54) is 12.0 Å². The molecule has 2 fully saturated rings. The average Bonchev–Trinajstić information content (AvgIpc) is 3.13. The number of ketones is 1. The highest BCUT2D eigenvalue weighted by Crippen LogP contribution is 2.29. The van der Waals surface area contributed by atoms with Crippen molar-refractivity contribution in [3.63, 3.8) is 0 Å². The summed E-state index contributed by atoms with van der Waals surface area (Å²) in [6, 6.07) is 12.3. The third-order valence-electron chi connectivity index (χ3n) is 5.91. The smallest absolute Gasteiger partial charge is 0.215 e. The highest BCUT2D eigenvalue weighted by molar-refractivity contribution is 5.76. The van der Waals surface area contributed by atoms with Crippen LogP contribution in [0, 0.1) is 0 Å². The lowest BCUT2D eigenvalue weighted by Gasteiger charge is -2.26. The van der Waals surface area contributed by atoms with E-state index in [1.807, 2.05) is 30.5 Å². The van der Waals surface area contributed by atoms with Crippen molar-refractivity contribution in [2.75, 3.05) is 18.0 Å². The first-order valence-electron chi connectivity index (χ1n) is 10.7. The molecule has 1 aromatic carbocycles. The van der Waals surface area contributed by atoms with E-state index in [2.05, 4.69) is 28.9 Å². The number of pyridine rings is 1. The number of benzene rings is 1. The summed E-state index contributed by atoms with van der Waals surface area (Å²) in [5.74, 6) is 2.08. The van der Waals surface area contributed by atoms with Gasteiger partial charge in [-0.15, -0.1) is 0 Å². The SMILES string of the molecule is CC(=O)C[C@@H](C)c1ccc(O[C@@H]2CCN(c3ccnc(OC4CCC4)c3)C2)cc1. The Morgan fingerprint density at radius 3 is 2.62 bits per heavy atom. The van der Waals surface area contributed by atoms with Crippen LogP contribution in [0.2, 0.25) is 0 Å². The van der Waals surface area contributed by atoms with E-state index in [9.17, 15) is 4.79 Å². The fraction of sp³-hybridized carbons (Fsp3) is 0.500. The summed E-state index contributed by atoms with van der Waals surface area (Å²) in [4.78, 5) is 18.0. The molecule has 2 aliphatic rings. The molecule has 0 N–H and O–H groups in total. The van der Waals surface area contributed by atoms with Gasteiger partial charge in [-0.3, -0.25) is 0 Å². The zero-order valence-corrected chi connectivity index (χ0v) is 17.3. The zero-order valence-electron chi connectivity index (χ0n) is 17.3. The van der Waals surface area contributed by atoms with E-state index in [4.69, 9.17) is 9.47 Å². The molecule has 0 unspecified atom stereocenters. The Hall–Kier alpha value is -2.56. The van der Waals surface area contributed by atoms with Gasteiger partial charge < -0.3 is 19.2 Å². The lowest BCUT2D eigenvalue weighted by Crippen LogP contribution is -2.26. The summed E-state index contributed by atoms with van der Waals surface area (Å²) >= 11 is 0. The third-order valence-corrected chi connectivity index (χ3v) is 5.91.